The van der Waals surface area contributed by atoms with Crippen molar-refractivity contribution in [3.05, 3.63) is 35.9 Å². The van der Waals surface area contributed by atoms with Crippen LogP contribution in [0.4, 0.5) is 4.79 Å². The van der Waals surface area contributed by atoms with E-state index in [0.29, 0.717) is 13.0 Å². The molecule has 3 amide bonds. The van der Waals surface area contributed by atoms with Crippen LogP contribution >= 0.6 is 0 Å². The van der Waals surface area contributed by atoms with Gasteiger partial charge in [-0.25, -0.2) is 4.79 Å². The Morgan fingerprint density at radius 2 is 1.90 bits per heavy atom. The highest BCUT2D eigenvalue weighted by Gasteiger charge is 2.07. The van der Waals surface area contributed by atoms with E-state index in [9.17, 15) is 9.59 Å². The maximum Gasteiger partial charge on any atom is 0.312 e. The molecule has 0 aromatic heterocycles. The molecule has 0 spiro atoms. The number of unbranched alkanes of at least 4 members (excludes halogenated alkanes) is 1. The number of benzene rings is 1. The molecule has 0 saturated heterocycles. The SMILES string of the molecule is CC(CCc1ccccc1)NC(=O)CCCCNC(N)=O. The Hall–Kier alpha value is -2.04. The van der Waals surface area contributed by atoms with Crippen molar-refractivity contribution in [2.45, 2.75) is 45.1 Å². The molecule has 0 saturated carbocycles. The van der Waals surface area contributed by atoms with Crippen LogP contribution in [-0.2, 0) is 11.2 Å². The van der Waals surface area contributed by atoms with Crippen molar-refractivity contribution in [1.29, 1.82) is 0 Å². The minimum absolute atomic E-state index is 0.0645. The predicted octanol–water partition coefficient (Wildman–Crippen LogP) is 1.96. The van der Waals surface area contributed by atoms with Gasteiger partial charge in [0.25, 0.3) is 0 Å². The van der Waals surface area contributed by atoms with E-state index in [1.54, 1.807) is 0 Å². The minimum atomic E-state index is -0.519. The van der Waals surface area contributed by atoms with Gasteiger partial charge in [-0.2, -0.15) is 0 Å². The van der Waals surface area contributed by atoms with Crippen LogP contribution in [-0.4, -0.2) is 24.5 Å². The summed E-state index contributed by atoms with van der Waals surface area (Å²) in [5.41, 5.74) is 6.24. The molecule has 0 aliphatic heterocycles. The number of aryl methyl sites for hydroxylation is 1. The Morgan fingerprint density at radius 1 is 1.19 bits per heavy atom. The number of rotatable bonds is 9. The molecule has 1 rings (SSSR count). The Morgan fingerprint density at radius 3 is 2.57 bits per heavy atom. The van der Waals surface area contributed by atoms with Crippen molar-refractivity contribution in [2.75, 3.05) is 6.54 Å². The van der Waals surface area contributed by atoms with Crippen LogP contribution in [0.3, 0.4) is 0 Å². The van der Waals surface area contributed by atoms with Gasteiger partial charge in [-0.1, -0.05) is 30.3 Å². The maximum absolute atomic E-state index is 11.7. The minimum Gasteiger partial charge on any atom is -0.354 e. The maximum atomic E-state index is 11.7. The standard InChI is InChI=1S/C16H25N3O2/c1-13(10-11-14-7-3-2-4-8-14)19-15(20)9-5-6-12-18-16(17)21/h2-4,7-8,13H,5-6,9-12H2,1H3,(H,19,20)(H3,17,18,21). The van der Waals surface area contributed by atoms with E-state index in [4.69, 9.17) is 5.73 Å². The number of urea groups is 1. The zero-order chi connectivity index (χ0) is 15.5. The molecule has 0 fully saturated rings. The lowest BCUT2D eigenvalue weighted by Gasteiger charge is -2.14. The molecule has 0 aliphatic carbocycles. The number of hydrogen-bond donors (Lipinski definition) is 3. The van der Waals surface area contributed by atoms with Gasteiger partial charge in [0, 0.05) is 19.0 Å². The first-order valence-corrected chi connectivity index (χ1v) is 7.44. The molecule has 1 aromatic rings. The van der Waals surface area contributed by atoms with Gasteiger partial charge in [0.05, 0.1) is 0 Å². The Kier molecular flexibility index (Phi) is 7.94. The van der Waals surface area contributed by atoms with E-state index >= 15 is 0 Å². The number of amides is 3. The molecule has 1 unspecified atom stereocenters. The summed E-state index contributed by atoms with van der Waals surface area (Å²) in [5.74, 6) is 0.0645. The predicted molar refractivity (Wildman–Crippen MR) is 83.8 cm³/mol. The summed E-state index contributed by atoms with van der Waals surface area (Å²) in [5, 5.41) is 5.50. The van der Waals surface area contributed by atoms with E-state index in [2.05, 4.69) is 22.8 Å². The van der Waals surface area contributed by atoms with E-state index in [0.717, 1.165) is 25.7 Å². The fourth-order valence-corrected chi connectivity index (χ4v) is 2.07. The summed E-state index contributed by atoms with van der Waals surface area (Å²) in [6.45, 7) is 2.54. The number of hydrogen-bond acceptors (Lipinski definition) is 2. The van der Waals surface area contributed by atoms with E-state index in [1.165, 1.54) is 5.56 Å². The number of nitrogens with one attached hydrogen (secondary N) is 2. The number of primary amides is 1. The lowest BCUT2D eigenvalue weighted by Crippen LogP contribution is -2.33. The van der Waals surface area contributed by atoms with Gasteiger partial charge in [-0.3, -0.25) is 4.79 Å². The van der Waals surface area contributed by atoms with Crippen molar-refractivity contribution in [2.24, 2.45) is 5.73 Å². The van der Waals surface area contributed by atoms with Gasteiger partial charge >= 0.3 is 6.03 Å². The van der Waals surface area contributed by atoms with Crippen LogP contribution in [0.25, 0.3) is 0 Å². The summed E-state index contributed by atoms with van der Waals surface area (Å²) in [6, 6.07) is 9.90. The summed E-state index contributed by atoms with van der Waals surface area (Å²) >= 11 is 0. The molecule has 0 aliphatic rings. The summed E-state index contributed by atoms with van der Waals surface area (Å²) in [6.07, 6.45) is 3.88. The van der Waals surface area contributed by atoms with Crippen molar-refractivity contribution < 1.29 is 9.59 Å². The quantitative estimate of drug-likeness (QED) is 0.608. The van der Waals surface area contributed by atoms with Crippen LogP contribution in [0.5, 0.6) is 0 Å². The van der Waals surface area contributed by atoms with Crippen molar-refractivity contribution in [1.82, 2.24) is 10.6 Å². The van der Waals surface area contributed by atoms with Gasteiger partial charge in [-0.05, 0) is 38.2 Å². The zero-order valence-electron chi connectivity index (χ0n) is 12.6. The second-order valence-corrected chi connectivity index (χ2v) is 5.24. The van der Waals surface area contributed by atoms with Gasteiger partial charge in [0.1, 0.15) is 0 Å². The first kappa shape index (κ1) is 17.0. The smallest absolute Gasteiger partial charge is 0.312 e. The number of carbonyl (C=O) groups is 2. The lowest BCUT2D eigenvalue weighted by atomic mass is 10.1. The van der Waals surface area contributed by atoms with Gasteiger partial charge < -0.3 is 16.4 Å². The second-order valence-electron chi connectivity index (χ2n) is 5.24. The summed E-state index contributed by atoms with van der Waals surface area (Å²) in [7, 11) is 0. The first-order chi connectivity index (χ1) is 10.1. The van der Waals surface area contributed by atoms with Crippen molar-refractivity contribution in [3.63, 3.8) is 0 Å². The third-order valence-corrected chi connectivity index (χ3v) is 3.25. The molecular weight excluding hydrogens is 266 g/mol. The monoisotopic (exact) mass is 291 g/mol. The molecule has 0 heterocycles. The Labute approximate surface area is 126 Å². The second kappa shape index (κ2) is 9.80. The van der Waals surface area contributed by atoms with Crippen LogP contribution in [0.15, 0.2) is 30.3 Å². The fraction of sp³-hybridized carbons (Fsp3) is 0.500. The van der Waals surface area contributed by atoms with E-state index in [1.807, 2.05) is 25.1 Å². The molecule has 116 valence electrons. The summed E-state index contributed by atoms with van der Waals surface area (Å²) in [4.78, 5) is 22.2. The average Bonchev–Trinajstić information content (AvgIpc) is 2.45. The van der Waals surface area contributed by atoms with Gasteiger partial charge in [0.2, 0.25) is 5.91 Å². The third-order valence-electron chi connectivity index (χ3n) is 3.25. The Balaban J connectivity index is 2.09. The van der Waals surface area contributed by atoms with Crippen molar-refractivity contribution in [3.8, 4) is 0 Å². The van der Waals surface area contributed by atoms with E-state index in [-0.39, 0.29) is 11.9 Å². The van der Waals surface area contributed by atoms with Gasteiger partial charge in [0.15, 0.2) is 0 Å². The molecule has 4 N–H and O–H groups in total. The van der Waals surface area contributed by atoms with Crippen LogP contribution < -0.4 is 16.4 Å². The fourth-order valence-electron chi connectivity index (χ4n) is 2.07. The molecule has 1 aromatic carbocycles. The third kappa shape index (κ3) is 8.68. The highest BCUT2D eigenvalue weighted by Crippen LogP contribution is 2.05. The first-order valence-electron chi connectivity index (χ1n) is 7.44. The Bertz CT molecular complexity index is 434. The topological polar surface area (TPSA) is 84.2 Å². The molecule has 0 radical (unpaired) electrons. The molecule has 5 nitrogen and oxygen atoms in total. The highest BCUT2D eigenvalue weighted by molar-refractivity contribution is 5.76. The number of carbonyl (C=O) groups excluding carboxylic acids is 2. The molecule has 1 atom stereocenters. The summed E-state index contributed by atoms with van der Waals surface area (Å²) < 4.78 is 0. The molecule has 0 bridgehead atoms. The lowest BCUT2D eigenvalue weighted by molar-refractivity contribution is -0.121. The van der Waals surface area contributed by atoms with E-state index < -0.39 is 6.03 Å². The van der Waals surface area contributed by atoms with Crippen molar-refractivity contribution >= 4 is 11.9 Å². The highest BCUT2D eigenvalue weighted by atomic mass is 16.2. The molecule has 5 heteroatoms. The van der Waals surface area contributed by atoms with Gasteiger partial charge in [-0.15, -0.1) is 0 Å². The zero-order valence-corrected chi connectivity index (χ0v) is 12.6. The van der Waals surface area contributed by atoms with Crippen LogP contribution in [0, 0.1) is 0 Å². The molecule has 21 heavy (non-hydrogen) atoms. The van der Waals surface area contributed by atoms with Crippen LogP contribution in [0.1, 0.15) is 38.2 Å². The largest absolute Gasteiger partial charge is 0.354 e. The number of nitrogens with two attached hydrogens (primary N) is 1. The average molecular weight is 291 g/mol. The normalized spacial score (nSPS) is 11.7. The van der Waals surface area contributed by atoms with Crippen LogP contribution in [0.2, 0.25) is 0 Å². The molecular formula is C16H25N3O2.